The number of amides is 2. The van der Waals surface area contributed by atoms with Gasteiger partial charge in [0.2, 0.25) is 0 Å². The molecule has 4 heteroatoms. The van der Waals surface area contributed by atoms with E-state index in [9.17, 15) is 4.79 Å². The third kappa shape index (κ3) is 4.44. The number of urea groups is 1. The Labute approximate surface area is 103 Å². The van der Waals surface area contributed by atoms with Crippen LogP contribution >= 0.6 is 0 Å². The van der Waals surface area contributed by atoms with Gasteiger partial charge in [0.05, 0.1) is 0 Å². The van der Waals surface area contributed by atoms with E-state index in [0.717, 1.165) is 5.69 Å². The summed E-state index contributed by atoms with van der Waals surface area (Å²) in [6, 6.07) is 9.23. The summed E-state index contributed by atoms with van der Waals surface area (Å²) in [5.74, 6) is 0. The monoisotopic (exact) mass is 235 g/mol. The maximum atomic E-state index is 11.6. The first-order chi connectivity index (χ1) is 7.92. The summed E-state index contributed by atoms with van der Waals surface area (Å²) in [7, 11) is 3.99. The molecule has 0 aliphatic rings. The highest BCUT2D eigenvalue weighted by Gasteiger charge is 2.20. The van der Waals surface area contributed by atoms with Crippen molar-refractivity contribution < 1.29 is 4.79 Å². The zero-order valence-corrected chi connectivity index (χ0v) is 10.9. The highest BCUT2D eigenvalue weighted by atomic mass is 16.2. The van der Waals surface area contributed by atoms with Crippen LogP contribution < -0.4 is 10.6 Å². The molecule has 0 bridgehead atoms. The van der Waals surface area contributed by atoms with Gasteiger partial charge < -0.3 is 15.5 Å². The Kier molecular flexibility index (Phi) is 4.52. The molecule has 0 unspecified atom stereocenters. The van der Waals surface area contributed by atoms with E-state index in [0.29, 0.717) is 6.54 Å². The lowest BCUT2D eigenvalue weighted by Gasteiger charge is -2.32. The van der Waals surface area contributed by atoms with Crippen LogP contribution in [-0.2, 0) is 0 Å². The number of likely N-dealkylation sites (N-methyl/N-ethyl adjacent to an activating group) is 1. The van der Waals surface area contributed by atoms with E-state index in [-0.39, 0.29) is 11.6 Å². The van der Waals surface area contributed by atoms with Gasteiger partial charge in [-0.25, -0.2) is 4.79 Å². The largest absolute Gasteiger partial charge is 0.336 e. The second-order valence-corrected chi connectivity index (χ2v) is 4.88. The van der Waals surface area contributed by atoms with Crippen molar-refractivity contribution in [2.45, 2.75) is 19.4 Å². The van der Waals surface area contributed by atoms with Crippen molar-refractivity contribution in [1.82, 2.24) is 10.2 Å². The summed E-state index contributed by atoms with van der Waals surface area (Å²) >= 11 is 0. The van der Waals surface area contributed by atoms with E-state index in [4.69, 9.17) is 0 Å². The van der Waals surface area contributed by atoms with Crippen LogP contribution in [0.25, 0.3) is 0 Å². The molecule has 2 N–H and O–H groups in total. The van der Waals surface area contributed by atoms with Crippen LogP contribution in [-0.4, -0.2) is 37.1 Å². The second-order valence-electron chi connectivity index (χ2n) is 4.88. The molecule has 0 radical (unpaired) electrons. The fraction of sp³-hybridized carbons (Fsp3) is 0.462. The average Bonchev–Trinajstić information content (AvgIpc) is 2.28. The van der Waals surface area contributed by atoms with Crippen molar-refractivity contribution in [2.75, 3.05) is 26.0 Å². The van der Waals surface area contributed by atoms with E-state index in [1.165, 1.54) is 0 Å². The van der Waals surface area contributed by atoms with E-state index < -0.39 is 0 Å². The topological polar surface area (TPSA) is 44.4 Å². The Morgan fingerprint density at radius 3 is 2.35 bits per heavy atom. The molecule has 1 rings (SSSR count). The molecule has 0 aromatic heterocycles. The Morgan fingerprint density at radius 2 is 1.82 bits per heavy atom. The fourth-order valence-corrected chi connectivity index (χ4v) is 1.15. The highest BCUT2D eigenvalue weighted by Crippen LogP contribution is 2.08. The lowest BCUT2D eigenvalue weighted by molar-refractivity contribution is 0.189. The summed E-state index contributed by atoms with van der Waals surface area (Å²) < 4.78 is 0. The molecule has 0 aliphatic heterocycles. The molecule has 0 saturated carbocycles. The van der Waals surface area contributed by atoms with E-state index in [1.807, 2.05) is 44.4 Å². The van der Waals surface area contributed by atoms with Gasteiger partial charge in [-0.05, 0) is 40.1 Å². The molecule has 0 atom stereocenters. The molecule has 0 fully saturated rings. The molecular formula is C13H21N3O. The lowest BCUT2D eigenvalue weighted by Crippen LogP contribution is -2.49. The van der Waals surface area contributed by atoms with E-state index in [2.05, 4.69) is 29.4 Å². The summed E-state index contributed by atoms with van der Waals surface area (Å²) in [6.07, 6.45) is 0. The zero-order valence-electron chi connectivity index (χ0n) is 10.9. The SMILES string of the molecule is CN(C)C(C)(C)CNC(=O)Nc1ccccc1. The van der Waals surface area contributed by atoms with Gasteiger partial charge >= 0.3 is 6.03 Å². The summed E-state index contributed by atoms with van der Waals surface area (Å²) in [5.41, 5.74) is 0.737. The highest BCUT2D eigenvalue weighted by molar-refractivity contribution is 5.89. The number of benzene rings is 1. The number of carbonyl (C=O) groups excluding carboxylic acids is 1. The Bertz CT molecular complexity index is 360. The van der Waals surface area contributed by atoms with Crippen molar-refractivity contribution in [1.29, 1.82) is 0 Å². The first-order valence-corrected chi connectivity index (χ1v) is 5.69. The van der Waals surface area contributed by atoms with Gasteiger partial charge in [-0.3, -0.25) is 0 Å². The van der Waals surface area contributed by atoms with Gasteiger partial charge in [0, 0.05) is 17.8 Å². The van der Waals surface area contributed by atoms with Crippen molar-refractivity contribution in [2.24, 2.45) is 0 Å². The molecule has 1 aromatic rings. The number of para-hydroxylation sites is 1. The van der Waals surface area contributed by atoms with Crippen LogP contribution in [0.5, 0.6) is 0 Å². The zero-order chi connectivity index (χ0) is 12.9. The normalized spacial score (nSPS) is 11.4. The first kappa shape index (κ1) is 13.5. The molecule has 17 heavy (non-hydrogen) atoms. The summed E-state index contributed by atoms with van der Waals surface area (Å²) in [5, 5.41) is 5.65. The smallest absolute Gasteiger partial charge is 0.319 e. The van der Waals surface area contributed by atoms with Gasteiger partial charge in [-0.1, -0.05) is 18.2 Å². The molecule has 4 nitrogen and oxygen atoms in total. The van der Waals surface area contributed by atoms with Gasteiger partial charge in [0.1, 0.15) is 0 Å². The molecule has 2 amide bonds. The molecule has 0 aliphatic carbocycles. The van der Waals surface area contributed by atoms with Gasteiger partial charge in [-0.2, -0.15) is 0 Å². The molecule has 0 heterocycles. The Hall–Kier alpha value is -1.55. The number of carbonyl (C=O) groups is 1. The van der Waals surface area contributed by atoms with Crippen LogP contribution in [0.15, 0.2) is 30.3 Å². The van der Waals surface area contributed by atoms with Crippen LogP contribution in [0.3, 0.4) is 0 Å². The van der Waals surface area contributed by atoms with Gasteiger partial charge in [0.15, 0.2) is 0 Å². The molecule has 0 spiro atoms. The van der Waals surface area contributed by atoms with Crippen LogP contribution in [0.1, 0.15) is 13.8 Å². The predicted molar refractivity (Wildman–Crippen MR) is 71.2 cm³/mol. The minimum Gasteiger partial charge on any atom is -0.336 e. The molecule has 0 saturated heterocycles. The number of nitrogens with zero attached hydrogens (tertiary/aromatic N) is 1. The standard InChI is InChI=1S/C13H21N3O/c1-13(2,16(3)4)10-14-12(17)15-11-8-6-5-7-9-11/h5-9H,10H2,1-4H3,(H2,14,15,17). The van der Waals surface area contributed by atoms with Crippen LogP contribution in [0, 0.1) is 0 Å². The van der Waals surface area contributed by atoms with Crippen molar-refractivity contribution >= 4 is 11.7 Å². The third-order valence-electron chi connectivity index (χ3n) is 2.92. The quantitative estimate of drug-likeness (QED) is 0.840. The minimum atomic E-state index is -0.175. The molecular weight excluding hydrogens is 214 g/mol. The number of hydrogen-bond donors (Lipinski definition) is 2. The van der Waals surface area contributed by atoms with Crippen molar-refractivity contribution in [3.63, 3.8) is 0 Å². The van der Waals surface area contributed by atoms with Crippen molar-refractivity contribution in [3.8, 4) is 0 Å². The maximum absolute atomic E-state index is 11.6. The third-order valence-corrected chi connectivity index (χ3v) is 2.92. The van der Waals surface area contributed by atoms with Crippen LogP contribution in [0.4, 0.5) is 10.5 Å². The number of nitrogens with one attached hydrogen (secondary N) is 2. The van der Waals surface area contributed by atoms with Gasteiger partial charge in [0.25, 0.3) is 0 Å². The average molecular weight is 235 g/mol. The lowest BCUT2D eigenvalue weighted by atomic mass is 10.1. The summed E-state index contributed by atoms with van der Waals surface area (Å²) in [6.45, 7) is 4.75. The second kappa shape index (κ2) is 5.68. The number of rotatable bonds is 4. The van der Waals surface area contributed by atoms with Gasteiger partial charge in [-0.15, -0.1) is 0 Å². The fourth-order valence-electron chi connectivity index (χ4n) is 1.15. The minimum absolute atomic E-state index is 0.0615. The predicted octanol–water partition coefficient (Wildman–Crippen LogP) is 2.15. The molecule has 94 valence electrons. The van der Waals surface area contributed by atoms with Crippen LogP contribution in [0.2, 0.25) is 0 Å². The molecule has 1 aromatic carbocycles. The Balaban J connectivity index is 2.41. The summed E-state index contributed by atoms with van der Waals surface area (Å²) in [4.78, 5) is 13.7. The first-order valence-electron chi connectivity index (χ1n) is 5.69. The number of anilines is 1. The van der Waals surface area contributed by atoms with E-state index >= 15 is 0 Å². The maximum Gasteiger partial charge on any atom is 0.319 e. The Morgan fingerprint density at radius 1 is 1.24 bits per heavy atom. The van der Waals surface area contributed by atoms with Crippen molar-refractivity contribution in [3.05, 3.63) is 30.3 Å². The number of hydrogen-bond acceptors (Lipinski definition) is 2. The van der Waals surface area contributed by atoms with E-state index in [1.54, 1.807) is 0 Å².